The van der Waals surface area contributed by atoms with E-state index in [9.17, 15) is 5.26 Å². The maximum absolute atomic E-state index is 9.29. The molecular weight excluding hydrogens is 258 g/mol. The number of benzene rings is 2. The predicted molar refractivity (Wildman–Crippen MR) is 81.5 cm³/mol. The minimum Gasteiger partial charge on any atom is -0.192 e. The van der Waals surface area contributed by atoms with Gasteiger partial charge in [-0.25, -0.2) is 0 Å². The fourth-order valence-corrected chi connectivity index (χ4v) is 3.49. The molecule has 3 heteroatoms. The lowest BCUT2D eigenvalue weighted by Crippen LogP contribution is -2.36. The van der Waals surface area contributed by atoms with Crippen LogP contribution in [0.4, 0.5) is 0 Å². The number of aromatic nitrogens is 2. The lowest BCUT2D eigenvalue weighted by Gasteiger charge is -2.08. The van der Waals surface area contributed by atoms with E-state index in [4.69, 9.17) is 0 Å². The second kappa shape index (κ2) is 3.95. The van der Waals surface area contributed by atoms with Crippen molar-refractivity contribution >= 4 is 10.9 Å². The summed E-state index contributed by atoms with van der Waals surface area (Å²) in [6, 6.07) is 10.5. The number of aryl methyl sites for hydroxylation is 2. The van der Waals surface area contributed by atoms with Crippen molar-refractivity contribution in [1.82, 2.24) is 4.68 Å². The van der Waals surface area contributed by atoms with Gasteiger partial charge in [0.1, 0.15) is 17.3 Å². The summed E-state index contributed by atoms with van der Waals surface area (Å²) in [5.41, 5.74) is 8.54. The van der Waals surface area contributed by atoms with Gasteiger partial charge in [0.25, 0.3) is 0 Å². The van der Waals surface area contributed by atoms with Crippen molar-refractivity contribution in [2.75, 3.05) is 0 Å². The molecule has 2 heterocycles. The average molecular weight is 274 g/mol. The Kier molecular flexibility index (Phi) is 2.29. The number of rotatable bonds is 0. The third kappa shape index (κ3) is 1.45. The maximum atomic E-state index is 9.29. The molecule has 0 N–H and O–H groups in total. The molecule has 4 rings (SSSR count). The highest BCUT2D eigenvalue weighted by Crippen LogP contribution is 2.32. The first-order valence-electron chi connectivity index (χ1n) is 7.16. The summed E-state index contributed by atoms with van der Waals surface area (Å²) in [6.07, 6.45) is 2.10. The van der Waals surface area contributed by atoms with Crippen LogP contribution in [0.25, 0.3) is 16.6 Å². The normalized spacial score (nSPS) is 12.3. The monoisotopic (exact) mass is 274 g/mol. The highest BCUT2D eigenvalue weighted by Gasteiger charge is 2.32. The minimum atomic E-state index is 0.741. The van der Waals surface area contributed by atoms with Crippen molar-refractivity contribution in [2.24, 2.45) is 0 Å². The zero-order valence-corrected chi connectivity index (χ0v) is 12.4. The van der Waals surface area contributed by atoms with Gasteiger partial charge in [-0.05, 0) is 49.6 Å². The topological polar surface area (TPSA) is 32.6 Å². The van der Waals surface area contributed by atoms with Gasteiger partial charge in [-0.1, -0.05) is 12.1 Å². The van der Waals surface area contributed by atoms with Crippen LogP contribution in [0.5, 0.6) is 0 Å². The van der Waals surface area contributed by atoms with E-state index in [1.807, 2.05) is 12.1 Å². The summed E-state index contributed by atoms with van der Waals surface area (Å²) in [5.74, 6) is 0. The molecule has 0 atom stereocenters. The third-order valence-corrected chi connectivity index (χ3v) is 4.64. The van der Waals surface area contributed by atoms with Gasteiger partial charge in [0.15, 0.2) is 6.54 Å². The van der Waals surface area contributed by atoms with Crippen LogP contribution < -0.4 is 4.68 Å². The van der Waals surface area contributed by atoms with Crippen molar-refractivity contribution in [3.8, 4) is 11.8 Å². The first kappa shape index (κ1) is 12.2. The summed E-state index contributed by atoms with van der Waals surface area (Å²) in [4.78, 5) is 0. The summed E-state index contributed by atoms with van der Waals surface area (Å²) in [5, 5.41) is 10.3. The van der Waals surface area contributed by atoms with Gasteiger partial charge in [0.2, 0.25) is 6.20 Å². The Morgan fingerprint density at radius 2 is 2.00 bits per heavy atom. The van der Waals surface area contributed by atoms with E-state index < -0.39 is 0 Å². The number of hydrogen-bond donors (Lipinski definition) is 0. The van der Waals surface area contributed by atoms with Crippen molar-refractivity contribution in [1.29, 1.82) is 5.26 Å². The second-order valence-electron chi connectivity index (χ2n) is 5.85. The van der Waals surface area contributed by atoms with Gasteiger partial charge in [-0.15, -0.1) is 9.36 Å². The molecule has 102 valence electrons. The Bertz CT molecular complexity index is 955. The number of nitriles is 1. The largest absolute Gasteiger partial charge is 0.205 e. The molecule has 0 saturated carbocycles. The Hall–Kier alpha value is -2.60. The summed E-state index contributed by atoms with van der Waals surface area (Å²) >= 11 is 0. The quantitative estimate of drug-likeness (QED) is 0.454. The average Bonchev–Trinajstić information content (AvgIpc) is 3.00. The standard InChI is InChI=1S/C18H16N3/c1-11-7-12(2)18-15(13(11)3)9-20-10-16-14(8-19)5-4-6-17(16)21(18)20/h4-7,10H,9H2,1-3H3/q+1. The highest BCUT2D eigenvalue weighted by molar-refractivity contribution is 5.85. The van der Waals surface area contributed by atoms with Gasteiger partial charge in [-0.3, -0.25) is 0 Å². The zero-order chi connectivity index (χ0) is 14.7. The molecule has 0 unspecified atom stereocenters. The summed E-state index contributed by atoms with van der Waals surface area (Å²) in [6.45, 7) is 7.42. The Morgan fingerprint density at radius 3 is 2.76 bits per heavy atom. The van der Waals surface area contributed by atoms with E-state index in [2.05, 4.69) is 54.5 Å². The molecule has 0 spiro atoms. The van der Waals surface area contributed by atoms with E-state index in [-0.39, 0.29) is 0 Å². The van der Waals surface area contributed by atoms with Crippen LogP contribution >= 0.6 is 0 Å². The molecule has 3 aromatic rings. The zero-order valence-electron chi connectivity index (χ0n) is 12.4. The number of hydrogen-bond acceptors (Lipinski definition) is 1. The van der Waals surface area contributed by atoms with Gasteiger partial charge in [0, 0.05) is 0 Å². The van der Waals surface area contributed by atoms with Crippen LogP contribution in [-0.4, -0.2) is 4.68 Å². The van der Waals surface area contributed by atoms with Crippen molar-refractivity contribution in [2.45, 2.75) is 27.3 Å². The summed E-state index contributed by atoms with van der Waals surface area (Å²) < 4.78 is 4.48. The Morgan fingerprint density at radius 1 is 1.19 bits per heavy atom. The Balaban J connectivity index is 2.14. The van der Waals surface area contributed by atoms with Crippen LogP contribution in [0.2, 0.25) is 0 Å². The van der Waals surface area contributed by atoms with Crippen LogP contribution in [0, 0.1) is 32.1 Å². The molecule has 0 saturated heterocycles. The van der Waals surface area contributed by atoms with E-state index in [0.717, 1.165) is 23.0 Å². The number of nitrogens with zero attached hydrogens (tertiary/aromatic N) is 3. The molecule has 3 nitrogen and oxygen atoms in total. The molecule has 0 fully saturated rings. The smallest absolute Gasteiger partial charge is 0.192 e. The summed E-state index contributed by atoms with van der Waals surface area (Å²) in [7, 11) is 0. The van der Waals surface area contributed by atoms with Crippen LogP contribution in [0.3, 0.4) is 0 Å². The maximum Gasteiger partial charge on any atom is 0.205 e. The van der Waals surface area contributed by atoms with Gasteiger partial charge in [0.05, 0.1) is 16.5 Å². The lowest BCUT2D eigenvalue weighted by molar-refractivity contribution is -0.749. The molecular formula is C18H16N3+. The van der Waals surface area contributed by atoms with E-state index in [1.165, 1.54) is 27.9 Å². The SMILES string of the molecule is Cc1cc(C)c2c(c1C)C[n+]1cc3c(C#N)cccc3n1-2. The highest BCUT2D eigenvalue weighted by atomic mass is 15.4. The van der Waals surface area contributed by atoms with Crippen LogP contribution in [0.15, 0.2) is 30.5 Å². The first-order valence-corrected chi connectivity index (χ1v) is 7.16. The molecule has 1 aromatic heterocycles. The molecule has 0 radical (unpaired) electrons. The molecule has 2 aromatic carbocycles. The molecule has 1 aliphatic rings. The molecule has 21 heavy (non-hydrogen) atoms. The van der Waals surface area contributed by atoms with Gasteiger partial charge < -0.3 is 0 Å². The third-order valence-electron chi connectivity index (χ3n) is 4.64. The van der Waals surface area contributed by atoms with Crippen molar-refractivity contribution < 1.29 is 4.68 Å². The van der Waals surface area contributed by atoms with E-state index in [0.29, 0.717) is 0 Å². The molecule has 0 aliphatic carbocycles. The second-order valence-corrected chi connectivity index (χ2v) is 5.85. The van der Waals surface area contributed by atoms with Crippen molar-refractivity contribution in [3.05, 3.63) is 58.3 Å². The predicted octanol–water partition coefficient (Wildman–Crippen LogP) is 3.08. The van der Waals surface area contributed by atoms with Gasteiger partial charge >= 0.3 is 0 Å². The van der Waals surface area contributed by atoms with Crippen LogP contribution in [-0.2, 0) is 6.54 Å². The first-order chi connectivity index (χ1) is 10.1. The van der Waals surface area contributed by atoms with Crippen LogP contribution in [0.1, 0.15) is 27.8 Å². The lowest BCUT2D eigenvalue weighted by atomic mass is 9.98. The fourth-order valence-electron chi connectivity index (χ4n) is 3.49. The van der Waals surface area contributed by atoms with E-state index >= 15 is 0 Å². The molecule has 0 bridgehead atoms. The fraction of sp³-hybridized carbons (Fsp3) is 0.222. The Labute approximate surface area is 123 Å². The molecule has 0 amide bonds. The molecule has 1 aliphatic heterocycles. The van der Waals surface area contributed by atoms with Gasteiger partial charge in [-0.2, -0.15) is 5.26 Å². The van der Waals surface area contributed by atoms with E-state index in [1.54, 1.807) is 0 Å². The minimum absolute atomic E-state index is 0.741. The van der Waals surface area contributed by atoms with Crippen molar-refractivity contribution in [3.63, 3.8) is 0 Å². The number of fused-ring (bicyclic) bond motifs is 5.